The van der Waals surface area contributed by atoms with E-state index in [1.165, 1.54) is 29.4 Å². The monoisotopic (exact) mass is 360 g/mol. The highest BCUT2D eigenvalue weighted by atomic mass is 32.2. The SMILES string of the molecule is Cc1sc2nc(SCCS(C)(=O)=O)n(C(C)C)c(=O)c2c1C. The number of aromatic nitrogens is 2. The van der Waals surface area contributed by atoms with Crippen molar-refractivity contribution in [2.75, 3.05) is 17.8 Å². The molecule has 122 valence electrons. The summed E-state index contributed by atoms with van der Waals surface area (Å²) in [5.41, 5.74) is 0.947. The van der Waals surface area contributed by atoms with E-state index < -0.39 is 9.84 Å². The van der Waals surface area contributed by atoms with E-state index in [2.05, 4.69) is 4.98 Å². The van der Waals surface area contributed by atoms with Crippen molar-refractivity contribution in [3.63, 3.8) is 0 Å². The second kappa shape index (κ2) is 6.33. The molecule has 2 heterocycles. The normalized spacial score (nSPS) is 12.5. The van der Waals surface area contributed by atoms with Crippen molar-refractivity contribution in [1.82, 2.24) is 9.55 Å². The average molecular weight is 361 g/mol. The summed E-state index contributed by atoms with van der Waals surface area (Å²) in [6.45, 7) is 7.80. The third-order valence-electron chi connectivity index (χ3n) is 3.40. The lowest BCUT2D eigenvalue weighted by Gasteiger charge is -2.15. The van der Waals surface area contributed by atoms with Crippen molar-refractivity contribution >= 4 is 43.2 Å². The van der Waals surface area contributed by atoms with E-state index in [-0.39, 0.29) is 17.4 Å². The van der Waals surface area contributed by atoms with Crippen LogP contribution in [-0.2, 0) is 9.84 Å². The van der Waals surface area contributed by atoms with Crippen LogP contribution in [0.15, 0.2) is 9.95 Å². The highest BCUT2D eigenvalue weighted by Gasteiger charge is 2.18. The zero-order chi connectivity index (χ0) is 16.7. The van der Waals surface area contributed by atoms with Crippen LogP contribution in [0, 0.1) is 13.8 Å². The van der Waals surface area contributed by atoms with Crippen LogP contribution in [0.4, 0.5) is 0 Å². The molecule has 0 fully saturated rings. The fourth-order valence-corrected chi connectivity index (χ4v) is 5.52. The molecule has 0 saturated heterocycles. The smallest absolute Gasteiger partial charge is 0.263 e. The van der Waals surface area contributed by atoms with Crippen LogP contribution in [0.1, 0.15) is 30.3 Å². The van der Waals surface area contributed by atoms with Gasteiger partial charge in [0.1, 0.15) is 14.7 Å². The summed E-state index contributed by atoms with van der Waals surface area (Å²) in [6.07, 6.45) is 1.21. The Morgan fingerprint density at radius 3 is 2.50 bits per heavy atom. The number of aryl methyl sites for hydroxylation is 2. The van der Waals surface area contributed by atoms with E-state index in [0.29, 0.717) is 16.3 Å². The second-order valence-corrected chi connectivity index (χ2v) is 10.1. The molecule has 0 aromatic carbocycles. The van der Waals surface area contributed by atoms with Crippen LogP contribution in [0.2, 0.25) is 0 Å². The summed E-state index contributed by atoms with van der Waals surface area (Å²) in [5.74, 6) is 0.471. The van der Waals surface area contributed by atoms with Crippen LogP contribution < -0.4 is 5.56 Å². The fraction of sp³-hybridized carbons (Fsp3) is 0.571. The Balaban J connectivity index is 2.53. The lowest BCUT2D eigenvalue weighted by molar-refractivity contribution is 0.519. The molecule has 5 nitrogen and oxygen atoms in total. The third-order valence-corrected chi connectivity index (χ3v) is 6.66. The molecule has 2 aromatic heterocycles. The Morgan fingerprint density at radius 1 is 1.32 bits per heavy atom. The molecule has 2 rings (SSSR count). The maximum absolute atomic E-state index is 12.8. The zero-order valence-electron chi connectivity index (χ0n) is 13.3. The molecule has 0 saturated carbocycles. The number of thiophene rings is 1. The second-order valence-electron chi connectivity index (χ2n) is 5.61. The van der Waals surface area contributed by atoms with Crippen molar-refractivity contribution in [2.24, 2.45) is 0 Å². The molecule has 2 aromatic rings. The highest BCUT2D eigenvalue weighted by Crippen LogP contribution is 2.29. The zero-order valence-corrected chi connectivity index (χ0v) is 15.8. The minimum atomic E-state index is -3.02. The molecular formula is C14H20N2O3S3. The molecule has 0 aliphatic rings. The largest absolute Gasteiger partial charge is 0.284 e. The van der Waals surface area contributed by atoms with Gasteiger partial charge in [-0.15, -0.1) is 11.3 Å². The molecule has 0 bridgehead atoms. The van der Waals surface area contributed by atoms with Gasteiger partial charge in [0.25, 0.3) is 5.56 Å². The predicted octanol–water partition coefficient (Wildman–Crippen LogP) is 2.79. The average Bonchev–Trinajstić information content (AvgIpc) is 2.63. The maximum Gasteiger partial charge on any atom is 0.263 e. The van der Waals surface area contributed by atoms with Crippen LogP contribution in [0.3, 0.4) is 0 Å². The van der Waals surface area contributed by atoms with Crippen LogP contribution in [0.25, 0.3) is 10.2 Å². The molecule has 0 N–H and O–H groups in total. The molecule has 22 heavy (non-hydrogen) atoms. The fourth-order valence-electron chi connectivity index (χ4n) is 2.13. The predicted molar refractivity (Wildman–Crippen MR) is 94.2 cm³/mol. The minimum Gasteiger partial charge on any atom is -0.284 e. The summed E-state index contributed by atoms with van der Waals surface area (Å²) in [6, 6.07) is -0.0234. The Morgan fingerprint density at radius 2 is 1.95 bits per heavy atom. The van der Waals surface area contributed by atoms with Crippen molar-refractivity contribution in [2.45, 2.75) is 38.9 Å². The van der Waals surface area contributed by atoms with Gasteiger partial charge >= 0.3 is 0 Å². The van der Waals surface area contributed by atoms with Gasteiger partial charge in [-0.25, -0.2) is 13.4 Å². The Hall–Kier alpha value is -0.860. The summed E-state index contributed by atoms with van der Waals surface area (Å²) in [4.78, 5) is 19.2. The number of hydrogen-bond donors (Lipinski definition) is 0. The molecule has 0 amide bonds. The molecule has 0 atom stereocenters. The first-order valence-electron chi connectivity index (χ1n) is 6.94. The maximum atomic E-state index is 12.8. The molecule has 8 heteroatoms. The van der Waals surface area contributed by atoms with E-state index in [9.17, 15) is 13.2 Å². The van der Waals surface area contributed by atoms with Gasteiger partial charge in [0.2, 0.25) is 0 Å². The van der Waals surface area contributed by atoms with Crippen molar-refractivity contribution < 1.29 is 8.42 Å². The van der Waals surface area contributed by atoms with Gasteiger partial charge in [-0.05, 0) is 33.3 Å². The van der Waals surface area contributed by atoms with Gasteiger partial charge in [0.05, 0.1) is 11.1 Å². The van der Waals surface area contributed by atoms with Crippen molar-refractivity contribution in [3.8, 4) is 0 Å². The summed E-state index contributed by atoms with van der Waals surface area (Å²) in [7, 11) is -3.02. The van der Waals surface area contributed by atoms with Gasteiger partial charge in [-0.1, -0.05) is 11.8 Å². The molecule has 0 radical (unpaired) electrons. The minimum absolute atomic E-state index is 0.0234. The van der Waals surface area contributed by atoms with Crippen molar-refractivity contribution in [1.29, 1.82) is 0 Å². The summed E-state index contributed by atoms with van der Waals surface area (Å²) < 4.78 is 24.2. The molecule has 0 spiro atoms. The highest BCUT2D eigenvalue weighted by molar-refractivity contribution is 8.00. The van der Waals surface area contributed by atoms with Gasteiger partial charge in [0, 0.05) is 22.9 Å². The van der Waals surface area contributed by atoms with Gasteiger partial charge in [-0.2, -0.15) is 0 Å². The van der Waals surface area contributed by atoms with Crippen LogP contribution in [0.5, 0.6) is 0 Å². The lowest BCUT2D eigenvalue weighted by atomic mass is 10.2. The first-order chi connectivity index (χ1) is 10.1. The molecule has 0 unspecified atom stereocenters. The number of rotatable bonds is 5. The Kier molecular flexibility index (Phi) is 5.03. The summed E-state index contributed by atoms with van der Waals surface area (Å²) >= 11 is 2.84. The van der Waals surface area contributed by atoms with Crippen LogP contribution >= 0.6 is 23.1 Å². The standard InChI is InChI=1S/C14H20N2O3S3/c1-8(2)16-13(17)11-9(3)10(4)21-12(11)15-14(16)20-6-7-22(5,18)19/h8H,6-7H2,1-5H3. The van der Waals surface area contributed by atoms with Crippen LogP contribution in [-0.4, -0.2) is 35.7 Å². The number of fused-ring (bicyclic) bond motifs is 1. The van der Waals surface area contributed by atoms with Gasteiger partial charge in [0.15, 0.2) is 5.16 Å². The first kappa shape index (κ1) is 17.5. The van der Waals surface area contributed by atoms with E-state index in [4.69, 9.17) is 0 Å². The van der Waals surface area contributed by atoms with Crippen molar-refractivity contribution in [3.05, 3.63) is 20.8 Å². The molecular weight excluding hydrogens is 340 g/mol. The van der Waals surface area contributed by atoms with E-state index in [1.807, 2.05) is 27.7 Å². The van der Waals surface area contributed by atoms with E-state index in [1.54, 1.807) is 4.57 Å². The topological polar surface area (TPSA) is 69.0 Å². The summed E-state index contributed by atoms with van der Waals surface area (Å²) in [5, 5.41) is 1.28. The van der Waals surface area contributed by atoms with E-state index in [0.717, 1.165) is 15.3 Å². The third kappa shape index (κ3) is 3.55. The lowest BCUT2D eigenvalue weighted by Crippen LogP contribution is -2.25. The quantitative estimate of drug-likeness (QED) is 0.606. The number of sulfone groups is 1. The Bertz CT molecular complexity index is 864. The first-order valence-corrected chi connectivity index (χ1v) is 10.8. The molecule has 0 aliphatic heterocycles. The number of thioether (sulfide) groups is 1. The molecule has 0 aliphatic carbocycles. The van der Waals surface area contributed by atoms with Gasteiger partial charge in [-0.3, -0.25) is 9.36 Å². The Labute approximate surface area is 138 Å². The van der Waals surface area contributed by atoms with E-state index >= 15 is 0 Å². The van der Waals surface area contributed by atoms with Gasteiger partial charge < -0.3 is 0 Å². The number of nitrogens with zero attached hydrogens (tertiary/aromatic N) is 2. The number of hydrogen-bond acceptors (Lipinski definition) is 6.